The number of fused-ring (bicyclic) bond motifs is 1. The van der Waals surface area contributed by atoms with Crippen LogP contribution in [0.1, 0.15) is 18.9 Å². The topological polar surface area (TPSA) is 65.5 Å². The van der Waals surface area contributed by atoms with E-state index in [0.29, 0.717) is 19.6 Å². The number of carbonyl (C=O) groups excluding carboxylic acids is 2. The summed E-state index contributed by atoms with van der Waals surface area (Å²) in [5.74, 6) is -0.172. The van der Waals surface area contributed by atoms with Gasteiger partial charge >= 0.3 is 0 Å². The first-order chi connectivity index (χ1) is 11.5. The van der Waals surface area contributed by atoms with Gasteiger partial charge in [0.2, 0.25) is 11.8 Å². The predicted octanol–water partition coefficient (Wildman–Crippen LogP) is 1.71. The average molecular weight is 348 g/mol. The molecule has 1 aromatic heterocycles. The second kappa shape index (κ2) is 8.75. The van der Waals surface area contributed by atoms with Gasteiger partial charge in [0.1, 0.15) is 5.01 Å². The van der Waals surface area contributed by atoms with Gasteiger partial charge in [0.05, 0.1) is 29.9 Å². The van der Waals surface area contributed by atoms with E-state index in [-0.39, 0.29) is 24.9 Å². The van der Waals surface area contributed by atoms with Crippen LogP contribution < -0.4 is 5.32 Å². The maximum atomic E-state index is 12.4. The molecule has 0 spiro atoms. The van der Waals surface area contributed by atoms with Crippen LogP contribution in [0.4, 0.5) is 0 Å². The molecule has 0 aliphatic carbocycles. The van der Waals surface area contributed by atoms with E-state index in [1.165, 1.54) is 0 Å². The number of likely N-dealkylation sites (N-methyl/N-ethyl adjacent to an activating group) is 3. The predicted molar refractivity (Wildman–Crippen MR) is 96.9 cm³/mol. The van der Waals surface area contributed by atoms with Crippen molar-refractivity contribution >= 4 is 33.4 Å². The minimum absolute atomic E-state index is 0.0487. The Balaban J connectivity index is 1.91. The molecule has 1 heterocycles. The van der Waals surface area contributed by atoms with Crippen molar-refractivity contribution in [3.05, 3.63) is 29.3 Å². The lowest BCUT2D eigenvalue weighted by molar-refractivity contribution is -0.136. The second-order valence-corrected chi connectivity index (χ2v) is 6.72. The van der Waals surface area contributed by atoms with Crippen molar-refractivity contribution in [2.45, 2.75) is 20.4 Å². The fourth-order valence-electron chi connectivity index (χ4n) is 2.41. The van der Waals surface area contributed by atoms with Gasteiger partial charge in [0.15, 0.2) is 0 Å². The number of rotatable bonds is 8. The summed E-state index contributed by atoms with van der Waals surface area (Å²) in [6.45, 7) is 5.82. The van der Waals surface area contributed by atoms with E-state index in [4.69, 9.17) is 0 Å². The van der Waals surface area contributed by atoms with Crippen LogP contribution in [0.15, 0.2) is 24.3 Å². The second-order valence-electron chi connectivity index (χ2n) is 5.61. The van der Waals surface area contributed by atoms with E-state index in [0.717, 1.165) is 15.2 Å². The third kappa shape index (κ3) is 5.01. The molecule has 2 aromatic rings. The highest BCUT2D eigenvalue weighted by Gasteiger charge is 2.17. The Bertz CT molecular complexity index is 668. The molecule has 0 atom stereocenters. The van der Waals surface area contributed by atoms with Crippen molar-refractivity contribution in [3.63, 3.8) is 0 Å². The molecule has 0 fully saturated rings. The highest BCUT2D eigenvalue weighted by Crippen LogP contribution is 2.22. The Hall–Kier alpha value is -1.99. The molecule has 0 unspecified atom stereocenters. The van der Waals surface area contributed by atoms with Crippen LogP contribution in [0, 0.1) is 0 Å². The molecule has 1 aromatic carbocycles. The number of hydrogen-bond acceptors (Lipinski definition) is 5. The van der Waals surface area contributed by atoms with Crippen LogP contribution in [0.2, 0.25) is 0 Å². The molecule has 0 saturated carbocycles. The third-order valence-corrected chi connectivity index (χ3v) is 4.61. The smallest absolute Gasteiger partial charge is 0.239 e. The molecule has 0 radical (unpaired) electrons. The zero-order valence-corrected chi connectivity index (χ0v) is 15.2. The summed E-state index contributed by atoms with van der Waals surface area (Å²) in [4.78, 5) is 32.1. The number of aromatic nitrogens is 1. The first-order valence-electron chi connectivity index (χ1n) is 8.11. The number of amides is 2. The lowest BCUT2D eigenvalue weighted by atomic mass is 10.3. The monoisotopic (exact) mass is 348 g/mol. The molecule has 0 aliphatic heterocycles. The molecule has 7 heteroatoms. The number of para-hydroxylation sites is 1. The van der Waals surface area contributed by atoms with Gasteiger partial charge in [0, 0.05) is 13.1 Å². The van der Waals surface area contributed by atoms with Crippen LogP contribution >= 0.6 is 11.3 Å². The minimum atomic E-state index is -0.124. The van der Waals surface area contributed by atoms with Crippen molar-refractivity contribution in [1.29, 1.82) is 0 Å². The van der Waals surface area contributed by atoms with Crippen LogP contribution in [0.3, 0.4) is 0 Å². The molecular formula is C17H24N4O2S. The van der Waals surface area contributed by atoms with E-state index in [1.807, 2.05) is 50.1 Å². The maximum absolute atomic E-state index is 12.4. The van der Waals surface area contributed by atoms with Crippen molar-refractivity contribution in [2.75, 3.05) is 33.2 Å². The van der Waals surface area contributed by atoms with E-state index >= 15 is 0 Å². The summed E-state index contributed by atoms with van der Waals surface area (Å²) in [5, 5.41) is 3.70. The summed E-state index contributed by atoms with van der Waals surface area (Å²) in [7, 11) is 1.89. The zero-order chi connectivity index (χ0) is 17.5. The van der Waals surface area contributed by atoms with Gasteiger partial charge in [-0.15, -0.1) is 11.3 Å². The van der Waals surface area contributed by atoms with Crippen LogP contribution in [0.25, 0.3) is 10.2 Å². The molecule has 0 bridgehead atoms. The third-order valence-electron chi connectivity index (χ3n) is 3.59. The molecule has 6 nitrogen and oxygen atoms in total. The van der Waals surface area contributed by atoms with Crippen molar-refractivity contribution in [2.24, 2.45) is 0 Å². The summed E-state index contributed by atoms with van der Waals surface area (Å²) < 4.78 is 1.15. The van der Waals surface area contributed by atoms with Crippen LogP contribution in [-0.2, 0) is 16.1 Å². The molecule has 130 valence electrons. The first-order valence-corrected chi connectivity index (χ1v) is 8.92. The van der Waals surface area contributed by atoms with Crippen molar-refractivity contribution in [1.82, 2.24) is 20.1 Å². The Morgan fingerprint density at radius 2 is 1.96 bits per heavy atom. The first kappa shape index (κ1) is 18.4. The van der Waals surface area contributed by atoms with E-state index < -0.39 is 0 Å². The van der Waals surface area contributed by atoms with Gasteiger partial charge in [-0.3, -0.25) is 14.5 Å². The lowest BCUT2D eigenvalue weighted by Gasteiger charge is -2.23. The maximum Gasteiger partial charge on any atom is 0.239 e. The number of nitrogens with one attached hydrogen (secondary N) is 1. The largest absolute Gasteiger partial charge is 0.355 e. The zero-order valence-electron chi connectivity index (χ0n) is 14.4. The normalized spacial score (nSPS) is 11.0. The van der Waals surface area contributed by atoms with Gasteiger partial charge < -0.3 is 10.2 Å². The lowest BCUT2D eigenvalue weighted by Crippen LogP contribution is -2.44. The van der Waals surface area contributed by atoms with Crippen LogP contribution in [-0.4, -0.2) is 59.8 Å². The molecule has 2 rings (SSSR count). The number of carbonyl (C=O) groups is 2. The highest BCUT2D eigenvalue weighted by atomic mass is 32.1. The Labute approximate surface area is 146 Å². The summed E-state index contributed by atoms with van der Waals surface area (Å²) in [6, 6.07) is 8.01. The summed E-state index contributed by atoms with van der Waals surface area (Å²) >= 11 is 1.64. The highest BCUT2D eigenvalue weighted by molar-refractivity contribution is 7.18. The fourth-order valence-corrected chi connectivity index (χ4v) is 3.46. The fraction of sp³-hybridized carbons (Fsp3) is 0.471. The van der Waals surface area contributed by atoms with Gasteiger partial charge in [0.25, 0.3) is 0 Å². The standard InChI is InChI=1S/C17H24N4O2S/c1-4-18-15(22)10-21(5-2)17(23)12-20(3)11-16-19-13-8-6-7-9-14(13)24-16/h6-9H,4-5,10-12H2,1-3H3,(H,18,22). The molecule has 24 heavy (non-hydrogen) atoms. The SMILES string of the molecule is CCNC(=O)CN(CC)C(=O)CN(C)Cc1nc2ccccc2s1. The molecule has 1 N–H and O–H groups in total. The Morgan fingerprint density at radius 3 is 2.62 bits per heavy atom. The van der Waals surface area contributed by atoms with E-state index in [1.54, 1.807) is 16.2 Å². The van der Waals surface area contributed by atoms with Gasteiger partial charge in [-0.1, -0.05) is 12.1 Å². The number of nitrogens with zero attached hydrogens (tertiary/aromatic N) is 3. The van der Waals surface area contributed by atoms with Crippen LogP contribution in [0.5, 0.6) is 0 Å². The minimum Gasteiger partial charge on any atom is -0.355 e. The van der Waals surface area contributed by atoms with Gasteiger partial charge in [-0.05, 0) is 33.0 Å². The average Bonchev–Trinajstić information content (AvgIpc) is 2.94. The Kier molecular flexibility index (Phi) is 6.69. The van der Waals surface area contributed by atoms with Crippen molar-refractivity contribution < 1.29 is 9.59 Å². The van der Waals surface area contributed by atoms with Gasteiger partial charge in [-0.25, -0.2) is 4.98 Å². The molecule has 2 amide bonds. The van der Waals surface area contributed by atoms with Gasteiger partial charge in [-0.2, -0.15) is 0 Å². The number of hydrogen-bond donors (Lipinski definition) is 1. The summed E-state index contributed by atoms with van der Waals surface area (Å²) in [5.41, 5.74) is 0.989. The molecule has 0 saturated heterocycles. The Morgan fingerprint density at radius 1 is 1.21 bits per heavy atom. The number of thiazole rings is 1. The number of benzene rings is 1. The van der Waals surface area contributed by atoms with E-state index in [2.05, 4.69) is 10.3 Å². The molecular weight excluding hydrogens is 324 g/mol. The molecule has 0 aliphatic rings. The van der Waals surface area contributed by atoms with Crippen molar-refractivity contribution in [3.8, 4) is 0 Å². The summed E-state index contributed by atoms with van der Waals surface area (Å²) in [6.07, 6.45) is 0. The quantitative estimate of drug-likeness (QED) is 0.789. The van der Waals surface area contributed by atoms with E-state index in [9.17, 15) is 9.59 Å².